The molecule has 0 aliphatic carbocycles. The van der Waals surface area contributed by atoms with Crippen LogP contribution in [-0.2, 0) is 18.8 Å². The van der Waals surface area contributed by atoms with Crippen molar-refractivity contribution in [3.63, 3.8) is 0 Å². The van der Waals surface area contributed by atoms with Crippen molar-refractivity contribution in [1.29, 1.82) is 0 Å². The van der Waals surface area contributed by atoms with Gasteiger partial charge in [-0.3, -0.25) is 4.99 Å². The molecule has 0 bridgehead atoms. The van der Waals surface area contributed by atoms with Crippen LogP contribution < -0.4 is 15.9 Å². The zero-order valence-corrected chi connectivity index (χ0v) is 21.5. The number of benzene rings is 3. The Morgan fingerprint density at radius 1 is 0.838 bits per heavy atom. The van der Waals surface area contributed by atoms with Gasteiger partial charge in [0.2, 0.25) is 0 Å². The second-order valence-corrected chi connectivity index (χ2v) is 11.7. The van der Waals surface area contributed by atoms with Crippen molar-refractivity contribution in [1.82, 2.24) is 0 Å². The fourth-order valence-corrected chi connectivity index (χ4v) is 7.22. The smallest absolute Gasteiger partial charge is 0.261 e. The minimum Gasteiger partial charge on any atom is -0.261 e. The molecule has 0 spiro atoms. The Morgan fingerprint density at radius 3 is 1.81 bits per heavy atom. The van der Waals surface area contributed by atoms with Crippen LogP contribution in [-0.4, -0.2) is 6.21 Å². The summed E-state index contributed by atoms with van der Waals surface area (Å²) >= 11 is 0. The number of hydrogen-bond acceptors (Lipinski definition) is 1. The zero-order valence-electron chi connectivity index (χ0n) is 20.6. The van der Waals surface area contributed by atoms with Crippen LogP contribution in [0.15, 0.2) is 77.8 Å². The fraction of sp³-hybridized carbons (Fsp3) is 0.276. The van der Waals surface area contributed by atoms with Crippen molar-refractivity contribution < 1.29 is 26.3 Å². The van der Waals surface area contributed by atoms with Crippen LogP contribution in [0.4, 0.5) is 26.3 Å². The number of nitrogens with zero attached hydrogens (tertiary/aromatic N) is 1. The van der Waals surface area contributed by atoms with Crippen LogP contribution >= 0.6 is 7.92 Å². The summed E-state index contributed by atoms with van der Waals surface area (Å²) in [5.41, 5.74) is -3.22. The van der Waals surface area contributed by atoms with E-state index in [0.717, 1.165) is 6.07 Å². The average Bonchev–Trinajstić information content (AvgIpc) is 2.83. The number of aliphatic imine (C=N–C) groups is 1. The van der Waals surface area contributed by atoms with Crippen molar-refractivity contribution in [3.8, 4) is 0 Å². The highest BCUT2D eigenvalue weighted by Crippen LogP contribution is 2.48. The number of halogens is 6. The first-order chi connectivity index (χ1) is 17.3. The molecule has 0 radical (unpaired) electrons. The maximum Gasteiger partial charge on any atom is 0.417 e. The van der Waals surface area contributed by atoms with Gasteiger partial charge in [-0.05, 0) is 48.4 Å². The third kappa shape index (κ3) is 5.67. The van der Waals surface area contributed by atoms with E-state index in [1.807, 2.05) is 13.8 Å². The number of rotatable bonds is 5. The van der Waals surface area contributed by atoms with Crippen LogP contribution in [0.25, 0.3) is 5.70 Å². The second kappa shape index (κ2) is 10.1. The van der Waals surface area contributed by atoms with Crippen LogP contribution in [0, 0.1) is 5.41 Å². The third-order valence-electron chi connectivity index (χ3n) is 6.24. The maximum absolute atomic E-state index is 15.1. The Balaban J connectivity index is 2.22. The third-order valence-corrected chi connectivity index (χ3v) is 8.78. The van der Waals surface area contributed by atoms with Crippen molar-refractivity contribution in [3.05, 3.63) is 95.1 Å². The van der Waals surface area contributed by atoms with Gasteiger partial charge in [-0.2, -0.15) is 26.3 Å². The van der Waals surface area contributed by atoms with E-state index in [0.29, 0.717) is 17.0 Å². The number of allylic oxidation sites excluding steroid dienone is 1. The first-order valence-electron chi connectivity index (χ1n) is 11.8. The molecular formula is C29H26F6NP. The number of hydrogen-bond donors (Lipinski definition) is 0. The summed E-state index contributed by atoms with van der Waals surface area (Å²) in [7, 11) is -2.21. The summed E-state index contributed by atoms with van der Waals surface area (Å²) in [6.07, 6.45) is -6.36. The SMILES string of the molecule is CCc1cc(C(F)(F)F)c(P(c2ccccc2)c2ccccc2)c(C(F)(F)F)c1C1=CC(C)(C)CC=N1. The molecule has 37 heavy (non-hydrogen) atoms. The Morgan fingerprint density at radius 2 is 1.38 bits per heavy atom. The van der Waals surface area contributed by atoms with Crippen molar-refractivity contribution >= 4 is 35.7 Å². The monoisotopic (exact) mass is 533 g/mol. The summed E-state index contributed by atoms with van der Waals surface area (Å²) in [5.74, 6) is 0. The van der Waals surface area contributed by atoms with E-state index in [9.17, 15) is 13.2 Å². The second-order valence-electron chi connectivity index (χ2n) is 9.57. The van der Waals surface area contributed by atoms with Gasteiger partial charge < -0.3 is 0 Å². The molecule has 0 fully saturated rings. The average molecular weight is 533 g/mol. The Kier molecular flexibility index (Phi) is 7.40. The topological polar surface area (TPSA) is 12.4 Å². The summed E-state index contributed by atoms with van der Waals surface area (Å²) in [6, 6.07) is 17.2. The fourth-order valence-electron chi connectivity index (χ4n) is 4.57. The van der Waals surface area contributed by atoms with Crippen LogP contribution in [0.1, 0.15) is 49.4 Å². The molecule has 3 aromatic rings. The lowest BCUT2D eigenvalue weighted by atomic mass is 9.84. The van der Waals surface area contributed by atoms with Gasteiger partial charge in [0.25, 0.3) is 0 Å². The van der Waals surface area contributed by atoms with E-state index in [4.69, 9.17) is 0 Å². The van der Waals surface area contributed by atoms with Gasteiger partial charge in [0, 0.05) is 17.1 Å². The van der Waals surface area contributed by atoms with E-state index in [1.54, 1.807) is 79.9 Å². The first-order valence-corrected chi connectivity index (χ1v) is 13.2. The van der Waals surface area contributed by atoms with Crippen LogP contribution in [0.3, 0.4) is 0 Å². The van der Waals surface area contributed by atoms with E-state index < -0.39 is 42.1 Å². The predicted molar refractivity (Wildman–Crippen MR) is 139 cm³/mol. The molecule has 0 amide bonds. The van der Waals surface area contributed by atoms with Gasteiger partial charge in [-0.1, -0.05) is 87.5 Å². The molecule has 194 valence electrons. The van der Waals surface area contributed by atoms with Gasteiger partial charge in [0.15, 0.2) is 0 Å². The molecular weight excluding hydrogens is 507 g/mol. The summed E-state index contributed by atoms with van der Waals surface area (Å²) in [4.78, 5) is 4.28. The molecule has 0 atom stereocenters. The summed E-state index contributed by atoms with van der Waals surface area (Å²) < 4.78 is 89.2. The standard InChI is InChI=1S/C29H26F6NP/c1-4-19-17-22(28(30,31)32)26(37(20-11-7-5-8-12-20)21-13-9-6-10-14-21)25(29(33,34)35)24(19)23-18-27(2,3)15-16-36-23/h5-14,16-18H,4,15H2,1-3H3. The Hall–Kier alpha value is -2.92. The summed E-state index contributed by atoms with van der Waals surface area (Å²) in [5, 5.41) is 0.0618. The van der Waals surface area contributed by atoms with Gasteiger partial charge in [-0.15, -0.1) is 0 Å². The Bertz CT molecular complexity index is 1280. The Labute approximate surface area is 213 Å². The molecule has 0 saturated carbocycles. The molecule has 8 heteroatoms. The largest absolute Gasteiger partial charge is 0.417 e. The molecule has 0 saturated heterocycles. The van der Waals surface area contributed by atoms with E-state index >= 15 is 13.2 Å². The number of alkyl halides is 6. The first kappa shape index (κ1) is 27.1. The van der Waals surface area contributed by atoms with Crippen LogP contribution in [0.5, 0.6) is 0 Å². The minimum absolute atomic E-state index is 0.0103. The normalized spacial score (nSPS) is 15.7. The molecule has 1 aliphatic heterocycles. The number of aryl methyl sites for hydroxylation is 1. The molecule has 0 aromatic heterocycles. The van der Waals surface area contributed by atoms with Crippen LogP contribution in [0.2, 0.25) is 0 Å². The maximum atomic E-state index is 15.1. The minimum atomic E-state index is -5.06. The highest BCUT2D eigenvalue weighted by Gasteiger charge is 2.47. The predicted octanol–water partition coefficient (Wildman–Crippen LogP) is 7.89. The molecule has 0 N–H and O–H groups in total. The highest BCUT2D eigenvalue weighted by atomic mass is 31.1. The van der Waals surface area contributed by atoms with Gasteiger partial charge >= 0.3 is 12.4 Å². The van der Waals surface area contributed by atoms with E-state index in [2.05, 4.69) is 4.99 Å². The lowest BCUT2D eigenvalue weighted by molar-refractivity contribution is -0.141. The van der Waals surface area contributed by atoms with E-state index in [1.165, 1.54) is 0 Å². The van der Waals surface area contributed by atoms with Crippen molar-refractivity contribution in [2.24, 2.45) is 10.4 Å². The molecule has 1 heterocycles. The van der Waals surface area contributed by atoms with Crippen molar-refractivity contribution in [2.45, 2.75) is 46.0 Å². The molecule has 3 aromatic carbocycles. The van der Waals surface area contributed by atoms with Gasteiger partial charge in [-0.25, -0.2) is 0 Å². The van der Waals surface area contributed by atoms with E-state index in [-0.39, 0.29) is 23.2 Å². The molecule has 1 aliphatic rings. The van der Waals surface area contributed by atoms with Gasteiger partial charge in [0.1, 0.15) is 0 Å². The molecule has 1 nitrogen and oxygen atoms in total. The molecule has 0 unspecified atom stereocenters. The summed E-state index contributed by atoms with van der Waals surface area (Å²) in [6.45, 7) is 5.29. The lowest BCUT2D eigenvalue weighted by Crippen LogP contribution is -2.34. The quantitative estimate of drug-likeness (QED) is 0.234. The van der Waals surface area contributed by atoms with Gasteiger partial charge in [0.05, 0.1) is 16.8 Å². The lowest BCUT2D eigenvalue weighted by Gasteiger charge is -2.31. The molecule has 4 rings (SSSR count). The highest BCUT2D eigenvalue weighted by molar-refractivity contribution is 7.80. The van der Waals surface area contributed by atoms with Crippen molar-refractivity contribution in [2.75, 3.05) is 0 Å². The zero-order chi connectivity index (χ0) is 27.0.